The topological polar surface area (TPSA) is 167 Å². The van der Waals surface area contributed by atoms with Gasteiger partial charge in [0.2, 0.25) is 5.89 Å². The molecule has 12 nitrogen and oxygen atoms in total. The van der Waals surface area contributed by atoms with E-state index in [0.29, 0.717) is 18.7 Å². The molecule has 0 spiro atoms. The van der Waals surface area contributed by atoms with Crippen LogP contribution in [0.3, 0.4) is 0 Å². The average molecular weight is 759 g/mol. The molecule has 2 aliphatic heterocycles. The van der Waals surface area contributed by atoms with Gasteiger partial charge in [0.05, 0.1) is 24.7 Å². The standard InChI is InChI=1S/C43H54N2O10/c1-8-18-34(46)42(3,4)36-23-14-12-10-11-13-20-29(50-7)26-39-45-31(28-52-39)41(49)55-37(43(5,6)35(47)19-9-2)24-17-22-33-32(53-33)21-15-16-25-38-44-30(27-51-38)40(48)54-36/h8-22,25,27-29,32-37,46-47H,23-24,26H2,1-7H3/b11-10-,14-12-,18-8+,19-9+,20-13-,21-15-,22-17-,25-16-/t29-,32-,33+,34-,35-,36-,37-/m0/s1. The van der Waals surface area contributed by atoms with E-state index in [4.69, 9.17) is 27.8 Å². The number of methoxy groups -OCH3 is 1. The van der Waals surface area contributed by atoms with E-state index in [1.54, 1.807) is 49.6 Å². The first-order valence-electron chi connectivity index (χ1n) is 18.4. The molecule has 4 heterocycles. The zero-order valence-corrected chi connectivity index (χ0v) is 32.6. The van der Waals surface area contributed by atoms with Gasteiger partial charge in [-0.05, 0) is 13.8 Å². The smallest absolute Gasteiger partial charge is 0.360 e. The van der Waals surface area contributed by atoms with Crippen molar-refractivity contribution in [3.63, 3.8) is 0 Å². The quantitative estimate of drug-likeness (QED) is 0.165. The van der Waals surface area contributed by atoms with Crippen LogP contribution >= 0.6 is 0 Å². The van der Waals surface area contributed by atoms with Gasteiger partial charge < -0.3 is 38.0 Å². The van der Waals surface area contributed by atoms with Gasteiger partial charge in [0, 0.05) is 36.9 Å². The van der Waals surface area contributed by atoms with Crippen LogP contribution < -0.4 is 0 Å². The van der Waals surface area contributed by atoms with Gasteiger partial charge in [-0.1, -0.05) is 119 Å². The summed E-state index contributed by atoms with van der Waals surface area (Å²) in [6, 6.07) is 0. The fraction of sp³-hybridized carbons (Fsp3) is 0.442. The molecule has 4 rings (SSSR count). The van der Waals surface area contributed by atoms with E-state index < -0.39 is 53.3 Å². The number of rotatable bonds is 7. The maximum Gasteiger partial charge on any atom is 0.360 e. The second kappa shape index (κ2) is 20.2. The molecule has 4 bridgehead atoms. The molecular weight excluding hydrogens is 704 g/mol. The van der Waals surface area contributed by atoms with Gasteiger partial charge in [0.1, 0.15) is 36.9 Å². The molecule has 7 atom stereocenters. The Morgan fingerprint density at radius 1 is 0.745 bits per heavy atom. The van der Waals surface area contributed by atoms with Crippen molar-refractivity contribution in [2.45, 2.75) is 104 Å². The SMILES string of the molecule is C/C=C/[C@H](O)C(C)(C)[C@@H]1C\C=C/C=C\C=C/[C@H](OC)Cc2nc(co2)C(=O)O[C@H](C(C)(C)[C@@H](O)/C=C/C)C/C=C\[C@H]2O[C@H]2/C=C\C=C/c2nc(co2)C(=O)O1. The normalized spacial score (nSPS) is 28.3. The molecule has 296 valence electrons. The van der Waals surface area contributed by atoms with Crippen molar-refractivity contribution in [2.24, 2.45) is 10.8 Å². The number of allylic oxidation sites excluding steroid dienone is 8. The Morgan fingerprint density at radius 3 is 1.95 bits per heavy atom. The lowest BCUT2D eigenvalue weighted by Gasteiger charge is -2.36. The molecular formula is C43H54N2O10. The third-order valence-electron chi connectivity index (χ3n) is 9.64. The summed E-state index contributed by atoms with van der Waals surface area (Å²) in [4.78, 5) is 35.2. The monoisotopic (exact) mass is 758 g/mol. The van der Waals surface area contributed by atoms with Crippen molar-refractivity contribution in [3.05, 3.63) is 127 Å². The van der Waals surface area contributed by atoms with Crippen molar-refractivity contribution in [2.75, 3.05) is 7.11 Å². The van der Waals surface area contributed by atoms with Gasteiger partial charge in [-0.25, -0.2) is 19.6 Å². The van der Waals surface area contributed by atoms with Gasteiger partial charge in [-0.15, -0.1) is 0 Å². The number of oxazole rings is 2. The summed E-state index contributed by atoms with van der Waals surface area (Å²) in [6.07, 6.45) is 28.0. The lowest BCUT2D eigenvalue weighted by molar-refractivity contribution is -0.0461. The molecule has 0 amide bonds. The Balaban J connectivity index is 1.58. The van der Waals surface area contributed by atoms with Gasteiger partial charge in [-0.3, -0.25) is 0 Å². The van der Waals surface area contributed by atoms with Crippen LogP contribution in [-0.4, -0.2) is 82.0 Å². The minimum atomic E-state index is -0.880. The van der Waals surface area contributed by atoms with E-state index in [0.717, 1.165) is 0 Å². The fourth-order valence-electron chi connectivity index (χ4n) is 5.68. The summed E-state index contributed by atoms with van der Waals surface area (Å²) >= 11 is 0. The zero-order valence-electron chi connectivity index (χ0n) is 32.6. The van der Waals surface area contributed by atoms with Gasteiger partial charge in [0.15, 0.2) is 17.3 Å². The summed E-state index contributed by atoms with van der Waals surface area (Å²) in [5.74, 6) is -0.828. The van der Waals surface area contributed by atoms with E-state index in [9.17, 15) is 19.8 Å². The van der Waals surface area contributed by atoms with Crippen LogP contribution in [0.1, 0.15) is 87.1 Å². The van der Waals surface area contributed by atoms with Crippen molar-refractivity contribution >= 4 is 18.0 Å². The van der Waals surface area contributed by atoms with Crippen LogP contribution in [0.2, 0.25) is 0 Å². The van der Waals surface area contributed by atoms with Crippen LogP contribution in [0.5, 0.6) is 0 Å². The Labute approximate surface area is 323 Å². The van der Waals surface area contributed by atoms with Gasteiger partial charge >= 0.3 is 11.9 Å². The minimum absolute atomic E-state index is 0.00780. The highest BCUT2D eigenvalue weighted by Gasteiger charge is 2.40. The third-order valence-corrected chi connectivity index (χ3v) is 9.64. The summed E-state index contributed by atoms with van der Waals surface area (Å²) in [5, 5.41) is 21.8. The summed E-state index contributed by atoms with van der Waals surface area (Å²) in [5.41, 5.74) is -1.66. The third kappa shape index (κ3) is 12.3. The first kappa shape index (κ1) is 42.9. The average Bonchev–Trinajstić information content (AvgIpc) is 3.47. The number of carbonyl (C=O) groups is 2. The molecule has 55 heavy (non-hydrogen) atoms. The fourth-order valence-corrected chi connectivity index (χ4v) is 5.68. The molecule has 2 aromatic heterocycles. The maximum atomic E-state index is 13.3. The maximum absolute atomic E-state index is 13.3. The summed E-state index contributed by atoms with van der Waals surface area (Å²) in [6.45, 7) is 11.0. The summed E-state index contributed by atoms with van der Waals surface area (Å²) in [7, 11) is 1.56. The largest absolute Gasteiger partial charge is 0.457 e. The summed E-state index contributed by atoms with van der Waals surface area (Å²) < 4.78 is 34.3. The number of hydrogen-bond acceptors (Lipinski definition) is 12. The number of nitrogens with zero attached hydrogens (tertiary/aromatic N) is 2. The molecule has 2 aromatic rings. The molecule has 0 saturated carbocycles. The van der Waals surface area contributed by atoms with E-state index in [1.807, 2.05) is 96.2 Å². The number of ether oxygens (including phenoxy) is 4. The van der Waals surface area contributed by atoms with Crippen LogP contribution in [-0.2, 0) is 25.4 Å². The first-order chi connectivity index (χ1) is 26.3. The molecule has 12 heteroatoms. The highest BCUT2D eigenvalue weighted by Crippen LogP contribution is 2.34. The lowest BCUT2D eigenvalue weighted by atomic mass is 9.79. The van der Waals surface area contributed by atoms with Gasteiger partial charge in [-0.2, -0.15) is 0 Å². The number of epoxide rings is 1. The predicted octanol–water partition coefficient (Wildman–Crippen LogP) is 7.25. The molecule has 2 aliphatic rings. The van der Waals surface area contributed by atoms with Crippen LogP contribution in [0.15, 0.2) is 113 Å². The van der Waals surface area contributed by atoms with Crippen molar-refractivity contribution in [1.29, 1.82) is 0 Å². The van der Waals surface area contributed by atoms with Crippen molar-refractivity contribution in [3.8, 4) is 0 Å². The van der Waals surface area contributed by atoms with Gasteiger partial charge in [0.25, 0.3) is 0 Å². The number of carbonyl (C=O) groups excluding carboxylic acids is 2. The van der Waals surface area contributed by atoms with Crippen LogP contribution in [0.25, 0.3) is 6.08 Å². The van der Waals surface area contributed by atoms with E-state index in [2.05, 4.69) is 9.97 Å². The zero-order chi connectivity index (χ0) is 40.0. The number of hydrogen-bond donors (Lipinski definition) is 2. The second-order valence-electron chi connectivity index (χ2n) is 14.5. The van der Waals surface area contributed by atoms with Crippen LogP contribution in [0, 0.1) is 10.8 Å². The van der Waals surface area contributed by atoms with E-state index in [-0.39, 0.29) is 35.9 Å². The number of fused-ring (bicyclic) bond motifs is 5. The number of aliphatic hydroxyl groups excluding tert-OH is 2. The Hall–Kier alpha value is -4.88. The molecule has 0 unspecified atom stereocenters. The Morgan fingerprint density at radius 2 is 1.31 bits per heavy atom. The highest BCUT2D eigenvalue weighted by atomic mass is 16.6. The van der Waals surface area contributed by atoms with Crippen molar-refractivity contribution in [1.82, 2.24) is 9.97 Å². The molecule has 2 N–H and O–H groups in total. The Bertz CT molecular complexity index is 1800. The Kier molecular flexibility index (Phi) is 15.7. The van der Waals surface area contributed by atoms with E-state index >= 15 is 0 Å². The number of aromatic nitrogens is 2. The molecule has 1 saturated heterocycles. The predicted molar refractivity (Wildman–Crippen MR) is 208 cm³/mol. The number of aliphatic hydroxyl groups is 2. The number of cyclic esters (lactones) is 2. The second-order valence-corrected chi connectivity index (χ2v) is 14.5. The molecule has 0 aromatic carbocycles. The molecule has 0 aliphatic carbocycles. The molecule has 0 radical (unpaired) electrons. The van der Waals surface area contributed by atoms with E-state index in [1.165, 1.54) is 12.5 Å². The lowest BCUT2D eigenvalue weighted by Crippen LogP contribution is -2.42. The van der Waals surface area contributed by atoms with Crippen LogP contribution in [0.4, 0.5) is 0 Å². The number of esters is 2. The highest BCUT2D eigenvalue weighted by molar-refractivity contribution is 5.87. The first-order valence-corrected chi connectivity index (χ1v) is 18.4. The minimum Gasteiger partial charge on any atom is -0.457 e. The molecule has 1 fully saturated rings. The van der Waals surface area contributed by atoms with Crippen molar-refractivity contribution < 1.29 is 47.6 Å².